The Morgan fingerprint density at radius 2 is 1.61 bits per heavy atom. The van der Waals surface area contributed by atoms with Gasteiger partial charge in [-0.15, -0.1) is 11.8 Å². The molecule has 150 valence electrons. The van der Waals surface area contributed by atoms with Crippen LogP contribution in [0.3, 0.4) is 0 Å². The van der Waals surface area contributed by atoms with Crippen molar-refractivity contribution in [3.63, 3.8) is 0 Å². The van der Waals surface area contributed by atoms with Crippen LogP contribution in [-0.4, -0.2) is 68.4 Å². The highest BCUT2D eigenvalue weighted by atomic mass is 32.2. The summed E-state index contributed by atoms with van der Waals surface area (Å²) in [5, 5.41) is 0. The van der Waals surface area contributed by atoms with Crippen LogP contribution in [-0.2, 0) is 0 Å². The minimum Gasteiger partial charge on any atom is -0.497 e. The topological polar surface area (TPSA) is 42.0 Å². The van der Waals surface area contributed by atoms with Gasteiger partial charge in [0.1, 0.15) is 11.5 Å². The zero-order chi connectivity index (χ0) is 19.8. The molecule has 1 saturated heterocycles. The number of methoxy groups -OCH3 is 1. The van der Waals surface area contributed by atoms with E-state index >= 15 is 0 Å². The minimum absolute atomic E-state index is 0.134. The largest absolute Gasteiger partial charge is 0.497 e. The monoisotopic (exact) mass is 400 g/mol. The molecule has 0 unspecified atom stereocenters. The van der Waals surface area contributed by atoms with Crippen LogP contribution in [0.15, 0.2) is 53.4 Å². The highest BCUT2D eigenvalue weighted by molar-refractivity contribution is 7.98. The Bertz CT molecular complexity index is 741. The molecule has 2 aromatic carbocycles. The van der Waals surface area contributed by atoms with Gasteiger partial charge in [0.2, 0.25) is 0 Å². The first kappa shape index (κ1) is 20.6. The number of piperazine rings is 1. The number of nitrogens with zero attached hydrogens (tertiary/aromatic N) is 2. The number of hydrogen-bond acceptors (Lipinski definition) is 5. The van der Waals surface area contributed by atoms with E-state index in [-0.39, 0.29) is 5.91 Å². The molecule has 28 heavy (non-hydrogen) atoms. The first-order valence-electron chi connectivity index (χ1n) is 9.62. The van der Waals surface area contributed by atoms with Crippen LogP contribution in [0.1, 0.15) is 16.8 Å². The number of carbonyl (C=O) groups excluding carboxylic acids is 1. The number of thioether (sulfide) groups is 1. The van der Waals surface area contributed by atoms with E-state index in [1.54, 1.807) is 18.9 Å². The van der Waals surface area contributed by atoms with Gasteiger partial charge in [0.25, 0.3) is 5.91 Å². The lowest BCUT2D eigenvalue weighted by atomic mass is 10.2. The Labute approximate surface area is 171 Å². The van der Waals surface area contributed by atoms with E-state index in [2.05, 4.69) is 4.90 Å². The van der Waals surface area contributed by atoms with E-state index in [4.69, 9.17) is 9.47 Å². The zero-order valence-corrected chi connectivity index (χ0v) is 17.4. The average Bonchev–Trinajstić information content (AvgIpc) is 2.77. The molecular formula is C22H28N2O3S. The van der Waals surface area contributed by atoms with Crippen LogP contribution < -0.4 is 9.47 Å². The van der Waals surface area contributed by atoms with E-state index in [0.717, 1.165) is 56.2 Å². The molecule has 1 aliphatic rings. The molecule has 0 radical (unpaired) electrons. The molecule has 6 heteroatoms. The molecule has 0 saturated carbocycles. The quantitative estimate of drug-likeness (QED) is 0.500. The van der Waals surface area contributed by atoms with Crippen LogP contribution in [0.2, 0.25) is 0 Å². The van der Waals surface area contributed by atoms with Gasteiger partial charge in [-0.05, 0) is 61.2 Å². The van der Waals surface area contributed by atoms with Crippen LogP contribution in [0.4, 0.5) is 0 Å². The van der Waals surface area contributed by atoms with Crippen molar-refractivity contribution >= 4 is 17.7 Å². The van der Waals surface area contributed by atoms with E-state index in [1.807, 2.05) is 59.7 Å². The van der Waals surface area contributed by atoms with Gasteiger partial charge in [-0.25, -0.2) is 0 Å². The lowest BCUT2D eigenvalue weighted by Gasteiger charge is -2.34. The highest BCUT2D eigenvalue weighted by Gasteiger charge is 2.21. The van der Waals surface area contributed by atoms with Crippen LogP contribution in [0.5, 0.6) is 11.5 Å². The second-order valence-electron chi connectivity index (χ2n) is 6.74. The molecule has 0 aromatic heterocycles. The van der Waals surface area contributed by atoms with Gasteiger partial charge >= 0.3 is 0 Å². The molecule has 1 heterocycles. The molecule has 0 bridgehead atoms. The molecule has 3 rings (SSSR count). The summed E-state index contributed by atoms with van der Waals surface area (Å²) in [5.74, 6) is 1.83. The Balaban J connectivity index is 1.36. The molecular weight excluding hydrogens is 372 g/mol. The molecule has 2 aromatic rings. The van der Waals surface area contributed by atoms with Crippen molar-refractivity contribution < 1.29 is 14.3 Å². The molecule has 1 amide bonds. The number of benzene rings is 2. The number of carbonyl (C=O) groups is 1. The van der Waals surface area contributed by atoms with Gasteiger partial charge in [-0.1, -0.05) is 0 Å². The van der Waals surface area contributed by atoms with Crippen LogP contribution in [0.25, 0.3) is 0 Å². The third-order valence-corrected chi connectivity index (χ3v) is 5.69. The Morgan fingerprint density at radius 1 is 0.964 bits per heavy atom. The fourth-order valence-electron chi connectivity index (χ4n) is 3.24. The molecule has 0 N–H and O–H groups in total. The second kappa shape index (κ2) is 10.4. The van der Waals surface area contributed by atoms with Crippen molar-refractivity contribution in [2.24, 2.45) is 0 Å². The fourth-order valence-corrected chi connectivity index (χ4v) is 3.65. The summed E-state index contributed by atoms with van der Waals surface area (Å²) in [5.41, 5.74) is 0.777. The highest BCUT2D eigenvalue weighted by Crippen LogP contribution is 2.18. The number of rotatable bonds is 8. The van der Waals surface area contributed by atoms with E-state index < -0.39 is 0 Å². The average molecular weight is 401 g/mol. The summed E-state index contributed by atoms with van der Waals surface area (Å²) in [6.07, 6.45) is 3.01. The molecule has 5 nitrogen and oxygen atoms in total. The number of amides is 1. The SMILES string of the molecule is COc1ccc(OCCCN2CCN(C(=O)c3ccc(SC)cc3)CC2)cc1. The summed E-state index contributed by atoms with van der Waals surface area (Å²) in [4.78, 5) is 18.2. The fraction of sp³-hybridized carbons (Fsp3) is 0.409. The maximum atomic E-state index is 12.6. The van der Waals surface area contributed by atoms with Crippen LogP contribution >= 0.6 is 11.8 Å². The zero-order valence-electron chi connectivity index (χ0n) is 16.6. The summed E-state index contributed by atoms with van der Waals surface area (Å²) in [6, 6.07) is 15.5. The van der Waals surface area contributed by atoms with Gasteiger partial charge in [-0.2, -0.15) is 0 Å². The van der Waals surface area contributed by atoms with Crippen molar-refractivity contribution in [3.8, 4) is 11.5 Å². The van der Waals surface area contributed by atoms with Crippen molar-refractivity contribution in [3.05, 3.63) is 54.1 Å². The third-order valence-electron chi connectivity index (χ3n) is 4.94. The first-order valence-corrected chi connectivity index (χ1v) is 10.8. The Morgan fingerprint density at radius 3 is 2.21 bits per heavy atom. The van der Waals surface area contributed by atoms with E-state index in [1.165, 1.54) is 4.90 Å². The summed E-state index contributed by atoms with van der Waals surface area (Å²) in [7, 11) is 1.66. The van der Waals surface area contributed by atoms with E-state index in [0.29, 0.717) is 6.61 Å². The minimum atomic E-state index is 0.134. The lowest BCUT2D eigenvalue weighted by Crippen LogP contribution is -2.49. The van der Waals surface area contributed by atoms with Crippen LogP contribution in [0, 0.1) is 0 Å². The molecule has 0 aliphatic carbocycles. The Hall–Kier alpha value is -2.18. The van der Waals surface area contributed by atoms with Gasteiger partial charge in [0.15, 0.2) is 0 Å². The molecule has 0 atom stereocenters. The number of hydrogen-bond donors (Lipinski definition) is 0. The molecule has 1 aliphatic heterocycles. The predicted molar refractivity (Wildman–Crippen MR) is 114 cm³/mol. The van der Waals surface area contributed by atoms with Crippen molar-refractivity contribution in [1.29, 1.82) is 0 Å². The van der Waals surface area contributed by atoms with E-state index in [9.17, 15) is 4.79 Å². The molecule has 0 spiro atoms. The maximum Gasteiger partial charge on any atom is 0.253 e. The smallest absolute Gasteiger partial charge is 0.253 e. The van der Waals surface area contributed by atoms with Gasteiger partial charge in [-0.3, -0.25) is 9.69 Å². The standard InChI is InChI=1S/C22H28N2O3S/c1-26-19-6-8-20(9-7-19)27-17-3-12-23-13-15-24(16-14-23)22(25)18-4-10-21(28-2)11-5-18/h4-11H,3,12-17H2,1-2H3. The van der Waals surface area contributed by atoms with Crippen molar-refractivity contribution in [2.75, 3.05) is 52.7 Å². The Kier molecular flexibility index (Phi) is 7.62. The first-order chi connectivity index (χ1) is 13.7. The van der Waals surface area contributed by atoms with Gasteiger partial charge < -0.3 is 14.4 Å². The number of ether oxygens (including phenoxy) is 2. The van der Waals surface area contributed by atoms with Crippen molar-refractivity contribution in [1.82, 2.24) is 9.80 Å². The maximum absolute atomic E-state index is 12.6. The van der Waals surface area contributed by atoms with Gasteiger partial charge in [0.05, 0.1) is 13.7 Å². The third kappa shape index (κ3) is 5.66. The summed E-state index contributed by atoms with van der Waals surface area (Å²) in [6.45, 7) is 5.06. The predicted octanol–water partition coefficient (Wildman–Crippen LogP) is 3.64. The molecule has 1 fully saturated rings. The second-order valence-corrected chi connectivity index (χ2v) is 7.62. The summed E-state index contributed by atoms with van der Waals surface area (Å²) < 4.78 is 10.9. The lowest BCUT2D eigenvalue weighted by molar-refractivity contribution is 0.0630. The van der Waals surface area contributed by atoms with Gasteiger partial charge in [0, 0.05) is 43.2 Å². The van der Waals surface area contributed by atoms with Crippen molar-refractivity contribution in [2.45, 2.75) is 11.3 Å². The summed E-state index contributed by atoms with van der Waals surface area (Å²) >= 11 is 1.69. The normalized spacial score (nSPS) is 14.7.